The number of hydrogen-bond acceptors (Lipinski definition) is 1. The van der Waals surface area contributed by atoms with E-state index < -0.39 is 0 Å². The molecule has 0 aliphatic carbocycles. The highest BCUT2D eigenvalue weighted by atomic mass is 16.5. The van der Waals surface area contributed by atoms with Gasteiger partial charge in [0.1, 0.15) is 0 Å². The summed E-state index contributed by atoms with van der Waals surface area (Å²) in [7, 11) is 0. The number of ether oxygens (including phenoxy) is 1. The number of unbranched alkanes of at least 4 members (excludes halogenated alkanes) is 1. The second-order valence-corrected chi connectivity index (χ2v) is 3.98. The molecule has 1 heteroatoms. The summed E-state index contributed by atoms with van der Waals surface area (Å²) in [6.45, 7) is 9.30. The quantitative estimate of drug-likeness (QED) is 0.453. The summed E-state index contributed by atoms with van der Waals surface area (Å²) >= 11 is 0. The minimum absolute atomic E-state index is 0.0223. The molecule has 0 fully saturated rings. The highest BCUT2D eigenvalue weighted by Crippen LogP contribution is 2.07. The van der Waals surface area contributed by atoms with Gasteiger partial charge in [-0.25, -0.2) is 0 Å². The first-order valence-corrected chi connectivity index (χ1v) is 4.85. The Bertz CT molecular complexity index is 119. The minimum Gasteiger partial charge on any atom is -0.376 e. The molecule has 0 N–H and O–H groups in total. The van der Waals surface area contributed by atoms with Crippen molar-refractivity contribution in [3.05, 3.63) is 12.2 Å². The van der Waals surface area contributed by atoms with Crippen molar-refractivity contribution in [3.8, 4) is 0 Å². The zero-order chi connectivity index (χ0) is 9.45. The van der Waals surface area contributed by atoms with Crippen molar-refractivity contribution in [3.63, 3.8) is 0 Å². The van der Waals surface area contributed by atoms with E-state index in [1.807, 2.05) is 0 Å². The van der Waals surface area contributed by atoms with Gasteiger partial charge in [0.25, 0.3) is 0 Å². The number of allylic oxidation sites excluding steroid dienone is 2. The minimum atomic E-state index is 0.0223. The highest BCUT2D eigenvalue weighted by molar-refractivity contribution is 4.79. The Hall–Kier alpha value is -0.300. The summed E-state index contributed by atoms with van der Waals surface area (Å²) in [5.41, 5.74) is 0.0223. The van der Waals surface area contributed by atoms with E-state index in [0.29, 0.717) is 0 Å². The van der Waals surface area contributed by atoms with Crippen LogP contribution in [0.1, 0.15) is 47.0 Å². The molecule has 0 aromatic heterocycles. The predicted octanol–water partition coefficient (Wildman–Crippen LogP) is 3.55. The van der Waals surface area contributed by atoms with E-state index in [2.05, 4.69) is 39.8 Å². The van der Waals surface area contributed by atoms with Crippen LogP contribution in [0.3, 0.4) is 0 Å². The van der Waals surface area contributed by atoms with E-state index in [1.54, 1.807) is 0 Å². The van der Waals surface area contributed by atoms with E-state index in [9.17, 15) is 0 Å². The number of rotatable bonds is 5. The third kappa shape index (κ3) is 9.70. The van der Waals surface area contributed by atoms with Gasteiger partial charge in [-0.05, 0) is 40.0 Å². The van der Waals surface area contributed by atoms with Gasteiger partial charge in [-0.2, -0.15) is 0 Å². The van der Waals surface area contributed by atoms with Crippen molar-refractivity contribution in [2.45, 2.75) is 52.6 Å². The molecule has 0 heterocycles. The molecular formula is C11H22O. The first-order valence-electron chi connectivity index (χ1n) is 4.85. The van der Waals surface area contributed by atoms with Crippen LogP contribution in [0.25, 0.3) is 0 Å². The van der Waals surface area contributed by atoms with Crippen LogP contribution < -0.4 is 0 Å². The molecule has 0 spiro atoms. The monoisotopic (exact) mass is 170 g/mol. The SMILES string of the molecule is CC/C=C\CCCOC(C)(C)C. The molecule has 0 atom stereocenters. The average Bonchev–Trinajstić information content (AvgIpc) is 1.94. The van der Waals surface area contributed by atoms with Crippen LogP contribution >= 0.6 is 0 Å². The first kappa shape index (κ1) is 11.7. The topological polar surface area (TPSA) is 9.23 Å². The Kier molecular flexibility index (Phi) is 6.09. The molecule has 0 radical (unpaired) electrons. The molecule has 0 saturated carbocycles. The Labute approximate surface area is 76.8 Å². The molecule has 0 bridgehead atoms. The summed E-state index contributed by atoms with van der Waals surface area (Å²) in [6, 6.07) is 0. The van der Waals surface area contributed by atoms with Crippen LogP contribution in [-0.4, -0.2) is 12.2 Å². The lowest BCUT2D eigenvalue weighted by Gasteiger charge is -2.18. The lowest BCUT2D eigenvalue weighted by molar-refractivity contribution is -0.00363. The molecule has 0 rings (SSSR count). The van der Waals surface area contributed by atoms with Crippen molar-refractivity contribution in [2.75, 3.05) is 6.61 Å². The highest BCUT2D eigenvalue weighted by Gasteiger charge is 2.08. The molecule has 0 aliphatic heterocycles. The molecule has 72 valence electrons. The Morgan fingerprint density at radius 1 is 1.17 bits per heavy atom. The molecular weight excluding hydrogens is 148 g/mol. The second-order valence-electron chi connectivity index (χ2n) is 3.98. The van der Waals surface area contributed by atoms with Gasteiger partial charge < -0.3 is 4.74 Å². The molecule has 0 amide bonds. The van der Waals surface area contributed by atoms with Crippen molar-refractivity contribution in [1.29, 1.82) is 0 Å². The van der Waals surface area contributed by atoms with Crippen LogP contribution in [0.4, 0.5) is 0 Å². The molecule has 0 saturated heterocycles. The van der Waals surface area contributed by atoms with E-state index in [-0.39, 0.29) is 5.60 Å². The van der Waals surface area contributed by atoms with Gasteiger partial charge in [0.15, 0.2) is 0 Å². The smallest absolute Gasteiger partial charge is 0.0598 e. The van der Waals surface area contributed by atoms with Crippen LogP contribution in [-0.2, 0) is 4.74 Å². The summed E-state index contributed by atoms with van der Waals surface area (Å²) in [4.78, 5) is 0. The standard InChI is InChI=1S/C11H22O/c1-5-6-7-8-9-10-12-11(2,3)4/h6-7H,5,8-10H2,1-4H3/b7-6-. The van der Waals surface area contributed by atoms with E-state index in [0.717, 1.165) is 25.9 Å². The van der Waals surface area contributed by atoms with E-state index in [1.165, 1.54) is 0 Å². The molecule has 12 heavy (non-hydrogen) atoms. The van der Waals surface area contributed by atoms with Crippen LogP contribution in [0.5, 0.6) is 0 Å². The van der Waals surface area contributed by atoms with Crippen molar-refractivity contribution in [1.82, 2.24) is 0 Å². The summed E-state index contributed by atoms with van der Waals surface area (Å²) < 4.78 is 5.58. The molecule has 0 aromatic rings. The maximum atomic E-state index is 5.58. The van der Waals surface area contributed by atoms with E-state index in [4.69, 9.17) is 4.74 Å². The van der Waals surface area contributed by atoms with Gasteiger partial charge in [0.2, 0.25) is 0 Å². The third-order valence-corrected chi connectivity index (χ3v) is 1.45. The van der Waals surface area contributed by atoms with Crippen LogP contribution in [0.15, 0.2) is 12.2 Å². The van der Waals surface area contributed by atoms with Crippen LogP contribution in [0.2, 0.25) is 0 Å². The lowest BCUT2D eigenvalue weighted by Crippen LogP contribution is -2.19. The Morgan fingerprint density at radius 3 is 2.33 bits per heavy atom. The lowest BCUT2D eigenvalue weighted by atomic mass is 10.2. The predicted molar refractivity (Wildman–Crippen MR) is 54.4 cm³/mol. The van der Waals surface area contributed by atoms with Gasteiger partial charge in [-0.1, -0.05) is 19.1 Å². The fourth-order valence-corrected chi connectivity index (χ4v) is 0.864. The Morgan fingerprint density at radius 2 is 1.83 bits per heavy atom. The van der Waals surface area contributed by atoms with Gasteiger partial charge in [0, 0.05) is 6.61 Å². The zero-order valence-corrected chi connectivity index (χ0v) is 8.89. The molecule has 0 unspecified atom stereocenters. The Balaban J connectivity index is 3.17. The fraction of sp³-hybridized carbons (Fsp3) is 0.818. The van der Waals surface area contributed by atoms with Gasteiger partial charge in [-0.3, -0.25) is 0 Å². The summed E-state index contributed by atoms with van der Waals surface area (Å²) in [5.74, 6) is 0. The largest absolute Gasteiger partial charge is 0.376 e. The molecule has 0 aromatic carbocycles. The van der Waals surface area contributed by atoms with Gasteiger partial charge in [0.05, 0.1) is 5.60 Å². The fourth-order valence-electron chi connectivity index (χ4n) is 0.864. The zero-order valence-electron chi connectivity index (χ0n) is 8.89. The van der Waals surface area contributed by atoms with E-state index >= 15 is 0 Å². The summed E-state index contributed by atoms with van der Waals surface area (Å²) in [5, 5.41) is 0. The van der Waals surface area contributed by atoms with Crippen LogP contribution in [0, 0.1) is 0 Å². The van der Waals surface area contributed by atoms with Crippen molar-refractivity contribution in [2.24, 2.45) is 0 Å². The first-order chi connectivity index (χ1) is 5.56. The maximum absolute atomic E-state index is 5.58. The van der Waals surface area contributed by atoms with Gasteiger partial charge in [-0.15, -0.1) is 0 Å². The molecule has 1 nitrogen and oxygen atoms in total. The number of hydrogen-bond donors (Lipinski definition) is 0. The summed E-state index contributed by atoms with van der Waals surface area (Å²) in [6.07, 6.45) is 7.85. The third-order valence-electron chi connectivity index (χ3n) is 1.45. The average molecular weight is 170 g/mol. The normalized spacial score (nSPS) is 12.7. The van der Waals surface area contributed by atoms with Crippen molar-refractivity contribution < 1.29 is 4.74 Å². The second kappa shape index (κ2) is 6.24. The van der Waals surface area contributed by atoms with Crippen molar-refractivity contribution >= 4 is 0 Å². The van der Waals surface area contributed by atoms with Gasteiger partial charge >= 0.3 is 0 Å². The molecule has 0 aliphatic rings. The maximum Gasteiger partial charge on any atom is 0.0598 e.